The molecule has 0 fully saturated rings. The molecule has 0 amide bonds. The molecule has 0 bridgehead atoms. The number of ether oxygens (including phenoxy) is 2. The number of esters is 2. The molecule has 0 aliphatic carbocycles. The molecule has 0 atom stereocenters. The Morgan fingerprint density at radius 3 is 2.31 bits per heavy atom. The summed E-state index contributed by atoms with van der Waals surface area (Å²) in [5.41, 5.74) is 1.30. The van der Waals surface area contributed by atoms with Gasteiger partial charge in [0.05, 0.1) is 0 Å². The molecule has 134 valence electrons. The molecule has 5 nitrogen and oxygen atoms in total. The zero-order valence-electron chi connectivity index (χ0n) is 14.1. The molecule has 2 aromatic carbocycles. The molecule has 0 N–H and O–H groups in total. The van der Waals surface area contributed by atoms with Gasteiger partial charge in [0.1, 0.15) is 13.0 Å². The molecule has 0 aliphatic rings. The predicted molar refractivity (Wildman–Crippen MR) is 97.1 cm³/mol. The van der Waals surface area contributed by atoms with Crippen LogP contribution in [-0.2, 0) is 30.5 Å². The molecule has 2 aromatic rings. The van der Waals surface area contributed by atoms with Crippen molar-refractivity contribution in [2.75, 3.05) is 0 Å². The second kappa shape index (κ2) is 9.53. The highest BCUT2D eigenvalue weighted by Gasteiger charge is 2.19. The van der Waals surface area contributed by atoms with Crippen molar-refractivity contribution in [1.29, 1.82) is 0 Å². The van der Waals surface area contributed by atoms with Crippen LogP contribution in [0.1, 0.15) is 24.5 Å². The number of halogens is 1. The summed E-state index contributed by atoms with van der Waals surface area (Å²) in [6.45, 7) is 1.23. The molecule has 0 saturated heterocycles. The van der Waals surface area contributed by atoms with Crippen LogP contribution in [0.5, 0.6) is 0 Å². The molecule has 0 unspecified atom stereocenters. The van der Waals surface area contributed by atoms with Gasteiger partial charge < -0.3 is 9.47 Å². The largest absolute Gasteiger partial charge is 0.460 e. The van der Waals surface area contributed by atoms with Crippen LogP contribution < -0.4 is 0 Å². The number of carbonyl (C=O) groups excluding carboxylic acids is 3. The number of hydrogen-bond acceptors (Lipinski definition) is 5. The lowest BCUT2D eigenvalue weighted by molar-refractivity contribution is -0.149. The first-order valence-electron chi connectivity index (χ1n) is 7.83. The van der Waals surface area contributed by atoms with Crippen LogP contribution in [0.15, 0.2) is 60.4 Å². The number of rotatable bonds is 7. The van der Waals surface area contributed by atoms with E-state index in [0.29, 0.717) is 10.6 Å². The average molecular weight is 373 g/mol. The van der Waals surface area contributed by atoms with Crippen LogP contribution in [0.25, 0.3) is 6.08 Å². The molecular formula is C20H17ClO5. The van der Waals surface area contributed by atoms with E-state index in [-0.39, 0.29) is 12.4 Å². The van der Waals surface area contributed by atoms with Crippen molar-refractivity contribution >= 4 is 35.4 Å². The third-order valence-corrected chi connectivity index (χ3v) is 3.61. The summed E-state index contributed by atoms with van der Waals surface area (Å²) in [7, 11) is 0. The average Bonchev–Trinajstić information content (AvgIpc) is 2.61. The van der Waals surface area contributed by atoms with Crippen molar-refractivity contribution in [1.82, 2.24) is 0 Å². The number of allylic oxidation sites excluding steroid dienone is 1. The van der Waals surface area contributed by atoms with Crippen molar-refractivity contribution in [2.45, 2.75) is 20.0 Å². The molecule has 6 heteroatoms. The van der Waals surface area contributed by atoms with E-state index in [4.69, 9.17) is 21.1 Å². The summed E-state index contributed by atoms with van der Waals surface area (Å²) in [4.78, 5) is 35.5. The fourth-order valence-corrected chi connectivity index (χ4v) is 2.25. The fraction of sp³-hybridized carbons (Fsp3) is 0.150. The molecule has 2 rings (SSSR count). The van der Waals surface area contributed by atoms with Crippen molar-refractivity contribution in [3.8, 4) is 0 Å². The van der Waals surface area contributed by atoms with Crippen LogP contribution in [0, 0.1) is 0 Å². The Kier molecular flexibility index (Phi) is 7.12. The highest BCUT2D eigenvalue weighted by molar-refractivity contribution is 6.32. The Hall–Kier alpha value is -2.92. The summed E-state index contributed by atoms with van der Waals surface area (Å²) < 4.78 is 10.0. The highest BCUT2D eigenvalue weighted by Crippen LogP contribution is 2.20. The van der Waals surface area contributed by atoms with Crippen LogP contribution in [0.2, 0.25) is 5.02 Å². The van der Waals surface area contributed by atoms with E-state index < -0.39 is 24.1 Å². The number of Topliss-reactive ketones (excluding diaryl/α,β-unsaturated/α-hetero) is 1. The summed E-state index contributed by atoms with van der Waals surface area (Å²) in [5, 5.41) is 0.386. The Bertz CT molecular complexity index is 827. The molecular weight excluding hydrogens is 356 g/mol. The van der Waals surface area contributed by atoms with Crippen molar-refractivity contribution in [2.24, 2.45) is 0 Å². The van der Waals surface area contributed by atoms with Crippen LogP contribution in [-0.4, -0.2) is 17.7 Å². The Labute approximate surface area is 156 Å². The molecule has 0 spiro atoms. The Balaban J connectivity index is 2.05. The second-order valence-corrected chi connectivity index (χ2v) is 5.78. The Morgan fingerprint density at radius 1 is 1.00 bits per heavy atom. The van der Waals surface area contributed by atoms with Crippen LogP contribution in [0.4, 0.5) is 0 Å². The topological polar surface area (TPSA) is 69.7 Å². The maximum Gasteiger partial charge on any atom is 0.314 e. The van der Waals surface area contributed by atoms with Crippen molar-refractivity contribution in [3.63, 3.8) is 0 Å². The van der Waals surface area contributed by atoms with Gasteiger partial charge in [-0.05, 0) is 23.3 Å². The summed E-state index contributed by atoms with van der Waals surface area (Å²) in [6.07, 6.45) is 0.785. The molecule has 0 heterocycles. The van der Waals surface area contributed by atoms with Gasteiger partial charge >= 0.3 is 11.9 Å². The fourth-order valence-electron chi connectivity index (χ4n) is 2.06. The van der Waals surface area contributed by atoms with E-state index in [2.05, 4.69) is 0 Å². The third kappa shape index (κ3) is 6.18. The third-order valence-electron chi connectivity index (χ3n) is 3.27. The molecule has 0 aliphatic heterocycles. The first-order valence-corrected chi connectivity index (χ1v) is 8.21. The SMILES string of the molecule is CC(=O)OC(=Cc1ccccc1Cl)C(=O)CC(=O)OCc1ccccc1. The highest BCUT2D eigenvalue weighted by atomic mass is 35.5. The normalized spacial score (nSPS) is 10.9. The minimum Gasteiger partial charge on any atom is -0.460 e. The first-order chi connectivity index (χ1) is 12.5. The van der Waals surface area contributed by atoms with E-state index in [1.807, 2.05) is 18.2 Å². The summed E-state index contributed by atoms with van der Waals surface area (Å²) in [5.74, 6) is -2.31. The van der Waals surface area contributed by atoms with E-state index in [1.54, 1.807) is 36.4 Å². The maximum absolute atomic E-state index is 12.3. The van der Waals surface area contributed by atoms with Crippen molar-refractivity contribution in [3.05, 3.63) is 76.5 Å². The molecule has 26 heavy (non-hydrogen) atoms. The quantitative estimate of drug-likeness (QED) is 0.318. The van der Waals surface area contributed by atoms with Gasteiger partial charge in [-0.15, -0.1) is 0 Å². The van der Waals surface area contributed by atoms with Gasteiger partial charge in [-0.1, -0.05) is 60.1 Å². The minimum atomic E-state index is -0.712. The predicted octanol–water partition coefficient (Wildman–Crippen LogP) is 3.95. The van der Waals surface area contributed by atoms with Crippen LogP contribution in [0.3, 0.4) is 0 Å². The van der Waals surface area contributed by atoms with Gasteiger partial charge in [-0.2, -0.15) is 0 Å². The molecule has 0 radical (unpaired) electrons. The minimum absolute atomic E-state index is 0.0596. The van der Waals surface area contributed by atoms with Gasteiger partial charge in [-0.25, -0.2) is 0 Å². The molecule has 0 saturated carbocycles. The number of ketones is 1. The standard InChI is InChI=1S/C20H17ClO5/c1-14(22)26-19(11-16-9-5-6-10-17(16)21)18(23)12-20(24)25-13-15-7-3-2-4-8-15/h2-11H,12-13H2,1H3. The number of hydrogen-bond donors (Lipinski definition) is 0. The van der Waals surface area contributed by atoms with Gasteiger partial charge in [0.2, 0.25) is 5.78 Å². The lowest BCUT2D eigenvalue weighted by Gasteiger charge is -2.08. The van der Waals surface area contributed by atoms with Gasteiger partial charge in [0.25, 0.3) is 0 Å². The maximum atomic E-state index is 12.3. The second-order valence-electron chi connectivity index (χ2n) is 5.37. The summed E-state index contributed by atoms with van der Waals surface area (Å²) in [6, 6.07) is 15.8. The van der Waals surface area contributed by atoms with Gasteiger partial charge in [0, 0.05) is 11.9 Å². The zero-order valence-corrected chi connectivity index (χ0v) is 14.9. The molecule has 0 aromatic heterocycles. The van der Waals surface area contributed by atoms with E-state index in [9.17, 15) is 14.4 Å². The zero-order chi connectivity index (χ0) is 18.9. The monoisotopic (exact) mass is 372 g/mol. The Morgan fingerprint density at radius 2 is 1.65 bits per heavy atom. The van der Waals surface area contributed by atoms with Gasteiger partial charge in [0.15, 0.2) is 5.76 Å². The van der Waals surface area contributed by atoms with Gasteiger partial charge in [-0.3, -0.25) is 14.4 Å². The lowest BCUT2D eigenvalue weighted by Crippen LogP contribution is -2.16. The van der Waals surface area contributed by atoms with Crippen molar-refractivity contribution < 1.29 is 23.9 Å². The van der Waals surface area contributed by atoms with E-state index in [0.717, 1.165) is 5.56 Å². The summed E-state index contributed by atoms with van der Waals surface area (Å²) >= 11 is 6.04. The first kappa shape index (κ1) is 19.4. The van der Waals surface area contributed by atoms with E-state index >= 15 is 0 Å². The smallest absolute Gasteiger partial charge is 0.314 e. The lowest BCUT2D eigenvalue weighted by atomic mass is 10.1. The van der Waals surface area contributed by atoms with E-state index in [1.165, 1.54) is 13.0 Å². The van der Waals surface area contributed by atoms with Crippen LogP contribution >= 0.6 is 11.6 Å². The number of carbonyl (C=O) groups is 3. The number of benzene rings is 2.